The van der Waals surface area contributed by atoms with Crippen LogP contribution in [0.2, 0.25) is 5.02 Å². The highest BCUT2D eigenvalue weighted by molar-refractivity contribution is 14.1. The number of rotatable bonds is 4. The third kappa shape index (κ3) is 4.07. The molecule has 98 valence electrons. The molecule has 0 aromatic heterocycles. The number of nitrogens with two attached hydrogens (primary N) is 1. The van der Waals surface area contributed by atoms with Crippen molar-refractivity contribution >= 4 is 57.3 Å². The second kappa shape index (κ2) is 6.68. The normalized spacial score (nSPS) is 10.5. The smallest absolute Gasteiger partial charge is 0.255 e. The van der Waals surface area contributed by atoms with Crippen molar-refractivity contribution < 1.29 is 4.79 Å². The molecule has 1 rings (SSSR count). The maximum Gasteiger partial charge on any atom is 0.255 e. The van der Waals surface area contributed by atoms with Crippen LogP contribution >= 0.6 is 46.4 Å². The van der Waals surface area contributed by atoms with Gasteiger partial charge in [0, 0.05) is 14.6 Å². The molecule has 6 heteroatoms. The molecule has 1 amide bonds. The van der Waals surface area contributed by atoms with Gasteiger partial charge in [0.2, 0.25) is 0 Å². The van der Waals surface area contributed by atoms with E-state index in [1.54, 1.807) is 17.0 Å². The van der Waals surface area contributed by atoms with Gasteiger partial charge >= 0.3 is 0 Å². The average Bonchev–Trinajstić information content (AvgIpc) is 2.27. The summed E-state index contributed by atoms with van der Waals surface area (Å²) < 4.78 is 0.857. The second-order valence-corrected chi connectivity index (χ2v) is 6.24. The highest BCUT2D eigenvalue weighted by Gasteiger charge is 2.21. The molecular weight excluding hydrogens is 383 g/mol. The van der Waals surface area contributed by atoms with E-state index in [0.29, 0.717) is 15.6 Å². The summed E-state index contributed by atoms with van der Waals surface area (Å²) in [5.74, 6) is -0.107. The van der Waals surface area contributed by atoms with E-state index in [0.717, 1.165) is 3.57 Å². The first-order valence-corrected chi connectivity index (χ1v) is 7.23. The molecule has 0 saturated heterocycles. The van der Waals surface area contributed by atoms with Crippen LogP contribution in [-0.4, -0.2) is 28.4 Å². The number of halogens is 2. The Morgan fingerprint density at radius 3 is 2.67 bits per heavy atom. The number of benzene rings is 1. The predicted molar refractivity (Wildman–Crippen MR) is 87.1 cm³/mol. The van der Waals surface area contributed by atoms with Crippen molar-refractivity contribution in [1.82, 2.24) is 4.90 Å². The largest absolute Gasteiger partial charge is 0.392 e. The van der Waals surface area contributed by atoms with Gasteiger partial charge in [0.15, 0.2) is 0 Å². The fourth-order valence-electron chi connectivity index (χ4n) is 1.47. The summed E-state index contributed by atoms with van der Waals surface area (Å²) in [7, 11) is 0. The van der Waals surface area contributed by atoms with Crippen molar-refractivity contribution in [3.8, 4) is 0 Å². The zero-order valence-electron chi connectivity index (χ0n) is 10.1. The van der Waals surface area contributed by atoms with Crippen LogP contribution in [0.4, 0.5) is 0 Å². The Morgan fingerprint density at radius 2 is 2.17 bits per heavy atom. The van der Waals surface area contributed by atoms with E-state index >= 15 is 0 Å². The van der Waals surface area contributed by atoms with Crippen molar-refractivity contribution in [2.75, 3.05) is 6.54 Å². The van der Waals surface area contributed by atoms with Gasteiger partial charge in [-0.25, -0.2) is 0 Å². The minimum atomic E-state index is -0.107. The molecule has 0 atom stereocenters. The van der Waals surface area contributed by atoms with Gasteiger partial charge in [-0.2, -0.15) is 0 Å². The van der Waals surface area contributed by atoms with E-state index in [-0.39, 0.29) is 18.5 Å². The molecule has 1 aromatic rings. The molecule has 0 fully saturated rings. The molecule has 1 aromatic carbocycles. The summed E-state index contributed by atoms with van der Waals surface area (Å²) in [5.41, 5.74) is 6.10. The predicted octanol–water partition coefficient (Wildman–Crippen LogP) is 3.08. The SMILES string of the molecule is CC(C)N(CC(N)=S)C(=O)c1cc(Cl)ccc1I. The molecule has 0 heterocycles. The Kier molecular flexibility index (Phi) is 5.81. The Labute approximate surface area is 131 Å². The van der Waals surface area contributed by atoms with Gasteiger partial charge in [0.05, 0.1) is 17.1 Å². The summed E-state index contributed by atoms with van der Waals surface area (Å²) in [6.07, 6.45) is 0. The van der Waals surface area contributed by atoms with Crippen molar-refractivity contribution in [1.29, 1.82) is 0 Å². The first-order valence-electron chi connectivity index (χ1n) is 5.37. The lowest BCUT2D eigenvalue weighted by molar-refractivity contribution is 0.0735. The van der Waals surface area contributed by atoms with Gasteiger partial charge in [0.1, 0.15) is 0 Å². The van der Waals surface area contributed by atoms with E-state index in [4.69, 9.17) is 29.6 Å². The van der Waals surface area contributed by atoms with Crippen LogP contribution in [0.5, 0.6) is 0 Å². The van der Waals surface area contributed by atoms with Crippen molar-refractivity contribution in [2.24, 2.45) is 5.73 Å². The van der Waals surface area contributed by atoms with Crippen molar-refractivity contribution in [3.63, 3.8) is 0 Å². The van der Waals surface area contributed by atoms with Gasteiger partial charge in [-0.3, -0.25) is 4.79 Å². The number of carbonyl (C=O) groups is 1. The lowest BCUT2D eigenvalue weighted by atomic mass is 10.1. The zero-order chi connectivity index (χ0) is 13.9. The quantitative estimate of drug-likeness (QED) is 0.628. The van der Waals surface area contributed by atoms with Crippen LogP contribution < -0.4 is 5.73 Å². The topological polar surface area (TPSA) is 46.3 Å². The molecule has 0 aliphatic carbocycles. The summed E-state index contributed by atoms with van der Waals surface area (Å²) in [5, 5.41) is 0.540. The molecular formula is C12H14ClIN2OS. The van der Waals surface area contributed by atoms with E-state index in [1.807, 2.05) is 19.9 Å². The van der Waals surface area contributed by atoms with E-state index in [9.17, 15) is 4.79 Å². The van der Waals surface area contributed by atoms with Crippen LogP contribution in [0.3, 0.4) is 0 Å². The molecule has 0 aliphatic rings. The Morgan fingerprint density at radius 1 is 1.56 bits per heavy atom. The number of hydrogen-bond donors (Lipinski definition) is 1. The molecule has 18 heavy (non-hydrogen) atoms. The number of nitrogens with zero attached hydrogens (tertiary/aromatic N) is 1. The van der Waals surface area contributed by atoms with Gasteiger partial charge in [-0.15, -0.1) is 0 Å². The van der Waals surface area contributed by atoms with Crippen molar-refractivity contribution in [3.05, 3.63) is 32.4 Å². The maximum atomic E-state index is 12.4. The van der Waals surface area contributed by atoms with Gasteiger partial charge in [-0.1, -0.05) is 23.8 Å². The zero-order valence-corrected chi connectivity index (χ0v) is 13.8. The molecule has 2 N–H and O–H groups in total. The van der Waals surface area contributed by atoms with Crippen LogP contribution in [-0.2, 0) is 0 Å². The van der Waals surface area contributed by atoms with E-state index in [1.165, 1.54) is 0 Å². The van der Waals surface area contributed by atoms with Crippen LogP contribution in [0.25, 0.3) is 0 Å². The number of amides is 1. The summed E-state index contributed by atoms with van der Waals surface area (Å²) >= 11 is 12.9. The molecule has 0 unspecified atom stereocenters. The number of thiocarbonyl (C=S) groups is 1. The second-order valence-electron chi connectivity index (χ2n) is 4.12. The molecule has 0 bridgehead atoms. The van der Waals surface area contributed by atoms with Crippen LogP contribution in [0, 0.1) is 3.57 Å². The molecule has 0 radical (unpaired) electrons. The lowest BCUT2D eigenvalue weighted by Gasteiger charge is -2.26. The number of carbonyl (C=O) groups excluding carboxylic acids is 1. The average molecular weight is 397 g/mol. The molecule has 3 nitrogen and oxygen atoms in total. The van der Waals surface area contributed by atoms with Crippen molar-refractivity contribution in [2.45, 2.75) is 19.9 Å². The maximum absolute atomic E-state index is 12.4. The Balaban J connectivity index is 3.09. The van der Waals surface area contributed by atoms with E-state index in [2.05, 4.69) is 22.6 Å². The van der Waals surface area contributed by atoms with Crippen LogP contribution in [0.15, 0.2) is 18.2 Å². The monoisotopic (exact) mass is 396 g/mol. The summed E-state index contributed by atoms with van der Waals surface area (Å²) in [6, 6.07) is 5.26. The first kappa shape index (κ1) is 15.7. The standard InChI is InChI=1S/C12H14ClIN2OS/c1-7(2)16(6-11(15)18)12(17)9-5-8(13)3-4-10(9)14/h3-5,7H,6H2,1-2H3,(H2,15,18). The molecule has 0 saturated carbocycles. The molecule has 0 aliphatic heterocycles. The highest BCUT2D eigenvalue weighted by Crippen LogP contribution is 2.20. The summed E-state index contributed by atoms with van der Waals surface area (Å²) in [6.45, 7) is 4.12. The highest BCUT2D eigenvalue weighted by atomic mass is 127. The minimum absolute atomic E-state index is 0.0220. The Hall–Kier alpha value is -0.400. The fourth-order valence-corrected chi connectivity index (χ4v) is 2.35. The van der Waals surface area contributed by atoms with Gasteiger partial charge in [0.25, 0.3) is 5.91 Å². The Bertz CT molecular complexity index is 479. The fraction of sp³-hybridized carbons (Fsp3) is 0.333. The summed E-state index contributed by atoms with van der Waals surface area (Å²) in [4.78, 5) is 14.4. The minimum Gasteiger partial charge on any atom is -0.392 e. The van der Waals surface area contributed by atoms with Gasteiger partial charge < -0.3 is 10.6 Å². The molecule has 0 spiro atoms. The third-order valence-corrected chi connectivity index (χ3v) is 3.67. The lowest BCUT2D eigenvalue weighted by Crippen LogP contribution is -2.42. The van der Waals surface area contributed by atoms with Gasteiger partial charge in [-0.05, 0) is 54.6 Å². The first-order chi connectivity index (χ1) is 8.32. The third-order valence-electron chi connectivity index (χ3n) is 2.37. The van der Waals surface area contributed by atoms with Crippen LogP contribution in [0.1, 0.15) is 24.2 Å². The number of hydrogen-bond acceptors (Lipinski definition) is 2. The van der Waals surface area contributed by atoms with E-state index < -0.39 is 0 Å².